The van der Waals surface area contributed by atoms with Crippen LogP contribution in [-0.4, -0.2) is 27.8 Å². The fourth-order valence-electron chi connectivity index (χ4n) is 3.23. The largest absolute Gasteiger partial charge is 0.508 e. The number of H-pyrrole nitrogens is 1. The Labute approximate surface area is 139 Å². The molecule has 1 atom stereocenters. The Morgan fingerprint density at radius 2 is 1.96 bits per heavy atom. The third-order valence-corrected chi connectivity index (χ3v) is 4.49. The summed E-state index contributed by atoms with van der Waals surface area (Å²) in [6.45, 7) is 0.685. The van der Waals surface area contributed by atoms with Crippen molar-refractivity contribution in [1.29, 1.82) is 0 Å². The minimum atomic E-state index is -0.189. The number of phenolic OH excluding ortho intramolecular Hbond substituents is 1. The molecule has 1 fully saturated rings. The van der Waals surface area contributed by atoms with Gasteiger partial charge < -0.3 is 10.0 Å². The minimum Gasteiger partial charge on any atom is -0.508 e. The number of nitrogens with zero attached hydrogens (tertiary/aromatic N) is 2. The van der Waals surface area contributed by atoms with Crippen LogP contribution in [0, 0.1) is 0 Å². The molecular formula is C19H17N3O2. The Hall–Kier alpha value is -3.08. The van der Waals surface area contributed by atoms with Crippen molar-refractivity contribution in [3.8, 4) is 16.9 Å². The zero-order valence-electron chi connectivity index (χ0n) is 13.0. The lowest BCUT2D eigenvalue weighted by Crippen LogP contribution is -2.26. The number of hydrogen-bond acceptors (Lipinski definition) is 3. The Morgan fingerprint density at radius 3 is 2.67 bits per heavy atom. The smallest absolute Gasteiger partial charge is 0.234 e. The third-order valence-electron chi connectivity index (χ3n) is 4.49. The molecule has 1 unspecified atom stereocenters. The first-order chi connectivity index (χ1) is 11.7. The highest BCUT2D eigenvalue weighted by Crippen LogP contribution is 2.34. The van der Waals surface area contributed by atoms with Crippen molar-refractivity contribution in [3.63, 3.8) is 0 Å². The predicted octanol–water partition coefficient (Wildman–Crippen LogP) is 3.30. The van der Waals surface area contributed by atoms with Crippen molar-refractivity contribution in [1.82, 2.24) is 10.2 Å². The summed E-state index contributed by atoms with van der Waals surface area (Å²) in [5, 5.41) is 16.4. The summed E-state index contributed by atoms with van der Waals surface area (Å²) in [6.07, 6.45) is 4.37. The second-order valence-electron chi connectivity index (χ2n) is 5.96. The molecule has 1 amide bonds. The van der Waals surface area contributed by atoms with Gasteiger partial charge in [-0.05, 0) is 41.8 Å². The van der Waals surface area contributed by atoms with E-state index >= 15 is 0 Å². The zero-order valence-corrected chi connectivity index (χ0v) is 13.0. The summed E-state index contributed by atoms with van der Waals surface area (Å²) in [5.74, 6) is 0.0885. The topological polar surface area (TPSA) is 69.2 Å². The van der Waals surface area contributed by atoms with Gasteiger partial charge in [0.15, 0.2) is 0 Å². The third kappa shape index (κ3) is 2.54. The van der Waals surface area contributed by atoms with E-state index in [-0.39, 0.29) is 17.6 Å². The molecule has 24 heavy (non-hydrogen) atoms. The number of rotatable bonds is 3. The lowest BCUT2D eigenvalue weighted by molar-refractivity contribution is -0.118. The van der Waals surface area contributed by atoms with Crippen molar-refractivity contribution in [2.75, 3.05) is 11.4 Å². The summed E-state index contributed by atoms with van der Waals surface area (Å²) in [7, 11) is 0. The molecule has 0 bridgehead atoms. The molecule has 5 heteroatoms. The lowest BCUT2D eigenvalue weighted by Gasteiger charge is -2.17. The van der Waals surface area contributed by atoms with Crippen LogP contribution >= 0.6 is 0 Å². The molecule has 0 aliphatic carbocycles. The fraction of sp³-hybridized carbons (Fsp3) is 0.158. The van der Waals surface area contributed by atoms with Gasteiger partial charge in [0.05, 0.1) is 12.1 Å². The van der Waals surface area contributed by atoms with Crippen molar-refractivity contribution in [2.24, 2.45) is 0 Å². The van der Waals surface area contributed by atoms with Crippen LogP contribution in [0.2, 0.25) is 0 Å². The van der Waals surface area contributed by atoms with E-state index in [0.29, 0.717) is 6.54 Å². The molecule has 0 spiro atoms. The Kier molecular flexibility index (Phi) is 3.54. The van der Waals surface area contributed by atoms with Gasteiger partial charge in [0.1, 0.15) is 5.75 Å². The van der Waals surface area contributed by atoms with Gasteiger partial charge in [-0.2, -0.15) is 5.10 Å². The Balaban J connectivity index is 1.56. The quantitative estimate of drug-likeness (QED) is 0.778. The summed E-state index contributed by atoms with van der Waals surface area (Å²) < 4.78 is 0. The summed E-state index contributed by atoms with van der Waals surface area (Å²) in [5.41, 5.74) is 3.85. The van der Waals surface area contributed by atoms with E-state index in [4.69, 9.17) is 0 Å². The van der Waals surface area contributed by atoms with Crippen molar-refractivity contribution < 1.29 is 9.90 Å². The summed E-state index contributed by atoms with van der Waals surface area (Å²) in [4.78, 5) is 14.6. The van der Waals surface area contributed by atoms with Crippen LogP contribution in [0.4, 0.5) is 5.69 Å². The van der Waals surface area contributed by atoms with Gasteiger partial charge >= 0.3 is 0 Å². The zero-order chi connectivity index (χ0) is 16.5. The minimum absolute atomic E-state index is 0.0802. The van der Waals surface area contributed by atoms with E-state index in [0.717, 1.165) is 28.8 Å². The first-order valence-electron chi connectivity index (χ1n) is 7.92. The molecule has 2 N–H and O–H groups in total. The van der Waals surface area contributed by atoms with E-state index in [1.807, 2.05) is 41.4 Å². The van der Waals surface area contributed by atoms with Gasteiger partial charge in [-0.25, -0.2) is 0 Å². The molecule has 1 aliphatic heterocycles. The van der Waals surface area contributed by atoms with E-state index in [2.05, 4.69) is 10.2 Å². The van der Waals surface area contributed by atoms with E-state index < -0.39 is 0 Å². The number of carbonyl (C=O) groups excluding carboxylic acids is 1. The summed E-state index contributed by atoms with van der Waals surface area (Å²) >= 11 is 0. The number of amides is 1. The Morgan fingerprint density at radius 1 is 1.12 bits per heavy atom. The standard InChI is InChI=1S/C19H17N3O2/c23-17-3-1-2-14(10-17)18-8-9-22(19(18)24)16-6-4-13(5-7-16)15-11-20-21-12-15/h1-7,10-12,18,23H,8-9H2,(H,20,21). The van der Waals surface area contributed by atoms with Crippen molar-refractivity contribution >= 4 is 11.6 Å². The Bertz CT molecular complexity index is 857. The summed E-state index contributed by atoms with van der Waals surface area (Å²) in [6, 6.07) is 14.9. The maximum absolute atomic E-state index is 12.8. The van der Waals surface area contributed by atoms with Crippen molar-refractivity contribution in [3.05, 3.63) is 66.5 Å². The van der Waals surface area contributed by atoms with E-state index in [1.165, 1.54) is 0 Å². The van der Waals surface area contributed by atoms with Crippen LogP contribution in [-0.2, 0) is 4.79 Å². The number of nitrogens with one attached hydrogen (secondary N) is 1. The van der Waals surface area contributed by atoms with E-state index in [9.17, 15) is 9.90 Å². The molecule has 120 valence electrons. The molecule has 4 rings (SSSR count). The van der Waals surface area contributed by atoms with Gasteiger partial charge in [-0.3, -0.25) is 9.89 Å². The van der Waals surface area contributed by atoms with Crippen LogP contribution in [0.3, 0.4) is 0 Å². The molecule has 5 nitrogen and oxygen atoms in total. The average molecular weight is 319 g/mol. The van der Waals surface area contributed by atoms with Gasteiger partial charge in [-0.15, -0.1) is 0 Å². The normalized spacial score (nSPS) is 17.4. The number of carbonyl (C=O) groups is 1. The van der Waals surface area contributed by atoms with Gasteiger partial charge in [0.25, 0.3) is 0 Å². The van der Waals surface area contributed by atoms with Gasteiger partial charge in [0, 0.05) is 24.0 Å². The molecule has 1 aromatic heterocycles. The monoisotopic (exact) mass is 319 g/mol. The fourth-order valence-corrected chi connectivity index (χ4v) is 3.23. The van der Waals surface area contributed by atoms with E-state index in [1.54, 1.807) is 24.4 Å². The predicted molar refractivity (Wildman–Crippen MR) is 91.8 cm³/mol. The number of aromatic amines is 1. The molecule has 3 aromatic rings. The SMILES string of the molecule is O=C1C(c2cccc(O)c2)CCN1c1ccc(-c2cn[nH]c2)cc1. The number of aromatic nitrogens is 2. The first-order valence-corrected chi connectivity index (χ1v) is 7.92. The molecule has 0 saturated carbocycles. The highest BCUT2D eigenvalue weighted by Gasteiger charge is 2.33. The van der Waals surface area contributed by atoms with Gasteiger partial charge in [-0.1, -0.05) is 24.3 Å². The molecule has 1 saturated heterocycles. The molecular weight excluding hydrogens is 302 g/mol. The molecule has 0 radical (unpaired) electrons. The van der Waals surface area contributed by atoms with Crippen molar-refractivity contribution in [2.45, 2.75) is 12.3 Å². The molecule has 2 heterocycles. The average Bonchev–Trinajstić information content (AvgIpc) is 3.25. The van der Waals surface area contributed by atoms with Crippen LogP contribution in [0.5, 0.6) is 5.75 Å². The number of aromatic hydroxyl groups is 1. The number of hydrogen-bond donors (Lipinski definition) is 2. The van der Waals surface area contributed by atoms with Gasteiger partial charge in [0.2, 0.25) is 5.91 Å². The second kappa shape index (κ2) is 5.85. The molecule has 2 aromatic carbocycles. The molecule has 1 aliphatic rings. The highest BCUT2D eigenvalue weighted by molar-refractivity contribution is 6.00. The first kappa shape index (κ1) is 14.5. The maximum atomic E-state index is 12.8. The maximum Gasteiger partial charge on any atom is 0.234 e. The second-order valence-corrected chi connectivity index (χ2v) is 5.96. The van der Waals surface area contributed by atoms with Crippen LogP contribution < -0.4 is 4.90 Å². The number of phenols is 1. The van der Waals surface area contributed by atoms with Crippen LogP contribution in [0.15, 0.2) is 60.9 Å². The number of benzene rings is 2. The van der Waals surface area contributed by atoms with Crippen LogP contribution in [0.1, 0.15) is 17.9 Å². The van der Waals surface area contributed by atoms with Crippen LogP contribution in [0.25, 0.3) is 11.1 Å². The lowest BCUT2D eigenvalue weighted by atomic mass is 9.97. The number of anilines is 1. The highest BCUT2D eigenvalue weighted by atomic mass is 16.3.